The molecule has 0 bridgehead atoms. The maximum atomic E-state index is 12.7. The number of rotatable bonds is 8. The summed E-state index contributed by atoms with van der Waals surface area (Å²) < 4.78 is 10.8. The second kappa shape index (κ2) is 9.55. The summed E-state index contributed by atoms with van der Waals surface area (Å²) in [5.74, 6) is -1.27. The van der Waals surface area contributed by atoms with Gasteiger partial charge in [-0.05, 0) is 31.0 Å². The summed E-state index contributed by atoms with van der Waals surface area (Å²) in [4.78, 5) is 38.2. The van der Waals surface area contributed by atoms with Crippen LogP contribution in [0.5, 0.6) is 17.2 Å². The third kappa shape index (κ3) is 5.17. The zero-order valence-electron chi connectivity index (χ0n) is 17.5. The van der Waals surface area contributed by atoms with Gasteiger partial charge in [-0.2, -0.15) is 0 Å². The summed E-state index contributed by atoms with van der Waals surface area (Å²) in [6.07, 6.45) is 1.23. The third-order valence-corrected chi connectivity index (χ3v) is 5.26. The highest BCUT2D eigenvalue weighted by Crippen LogP contribution is 2.37. The maximum absolute atomic E-state index is 12.7. The number of nitrogens with one attached hydrogen (secondary N) is 1. The Kier molecular flexibility index (Phi) is 6.84. The number of ether oxygens (including phenoxy) is 1. The molecule has 0 spiro atoms. The fourth-order valence-electron chi connectivity index (χ4n) is 3.66. The molecule has 0 unspecified atom stereocenters. The third-order valence-electron chi connectivity index (χ3n) is 5.26. The fourth-order valence-corrected chi connectivity index (χ4v) is 3.66. The molecule has 3 N–H and O–H groups in total. The number of methoxy groups -OCH3 is 1. The van der Waals surface area contributed by atoms with Gasteiger partial charge in [0.1, 0.15) is 5.76 Å². The molecule has 1 aromatic heterocycles. The molecule has 1 saturated heterocycles. The van der Waals surface area contributed by atoms with Gasteiger partial charge in [-0.3, -0.25) is 14.4 Å². The largest absolute Gasteiger partial charge is 0.504 e. The summed E-state index contributed by atoms with van der Waals surface area (Å²) in [5, 5.41) is 23.0. The van der Waals surface area contributed by atoms with Crippen LogP contribution in [0.1, 0.15) is 42.3 Å². The van der Waals surface area contributed by atoms with Gasteiger partial charge in [-0.1, -0.05) is 6.07 Å². The molecule has 1 aromatic carbocycles. The van der Waals surface area contributed by atoms with Crippen molar-refractivity contribution in [3.8, 4) is 17.2 Å². The molecule has 1 aliphatic heterocycles. The van der Waals surface area contributed by atoms with Crippen LogP contribution < -0.4 is 15.5 Å². The van der Waals surface area contributed by atoms with Crippen molar-refractivity contribution in [1.82, 2.24) is 10.2 Å². The summed E-state index contributed by atoms with van der Waals surface area (Å²) >= 11 is 0. The molecule has 2 aromatic rings. The Labute approximate surface area is 179 Å². The fraction of sp³-hybridized carbons (Fsp3) is 0.409. The number of likely N-dealkylation sites (tertiary alicyclic amines) is 1. The van der Waals surface area contributed by atoms with Crippen LogP contribution in [0, 0.1) is 6.92 Å². The number of hydrogen-bond donors (Lipinski definition) is 3. The van der Waals surface area contributed by atoms with Gasteiger partial charge < -0.3 is 29.6 Å². The van der Waals surface area contributed by atoms with Crippen LogP contribution in [0.4, 0.5) is 0 Å². The van der Waals surface area contributed by atoms with Crippen molar-refractivity contribution in [2.45, 2.75) is 32.1 Å². The molecular weight excluding hydrogens is 404 g/mol. The number of carbonyl (C=O) groups excluding carboxylic acids is 2. The van der Waals surface area contributed by atoms with Crippen molar-refractivity contribution in [1.29, 1.82) is 0 Å². The SMILES string of the molecule is COc1cc([C@H](CC(=O)NCCN2CCCC2=O)c2oc(C)cc(=O)c2O)ccc1O. The molecule has 166 valence electrons. The molecule has 0 radical (unpaired) electrons. The lowest BCUT2D eigenvalue weighted by Crippen LogP contribution is -2.36. The van der Waals surface area contributed by atoms with Crippen LogP contribution in [0.3, 0.4) is 0 Å². The Morgan fingerprint density at radius 1 is 1.29 bits per heavy atom. The van der Waals surface area contributed by atoms with Crippen LogP contribution in [0.2, 0.25) is 0 Å². The van der Waals surface area contributed by atoms with Crippen molar-refractivity contribution in [2.75, 3.05) is 26.7 Å². The van der Waals surface area contributed by atoms with E-state index in [1.807, 2.05) is 0 Å². The summed E-state index contributed by atoms with van der Waals surface area (Å²) in [6.45, 7) is 2.98. The standard InChI is InChI=1S/C22H26N2O7/c1-13-10-17(26)21(29)22(31-13)15(14-5-6-16(25)18(11-14)30-2)12-19(27)23-7-9-24-8-3-4-20(24)28/h5-6,10-11,15,25,29H,3-4,7-9,12H2,1-2H3,(H,23,27)/t15-/m0/s1. The van der Waals surface area contributed by atoms with E-state index < -0.39 is 17.1 Å². The van der Waals surface area contributed by atoms with Crippen molar-refractivity contribution in [3.63, 3.8) is 0 Å². The van der Waals surface area contributed by atoms with Gasteiger partial charge in [0, 0.05) is 38.5 Å². The van der Waals surface area contributed by atoms with Gasteiger partial charge in [0.15, 0.2) is 17.3 Å². The van der Waals surface area contributed by atoms with E-state index in [0.29, 0.717) is 37.4 Å². The second-order valence-corrected chi connectivity index (χ2v) is 7.46. The Bertz CT molecular complexity index is 1030. The number of phenolic OH excluding ortho intramolecular Hbond substituents is 1. The molecule has 3 rings (SSSR count). The van der Waals surface area contributed by atoms with Gasteiger partial charge in [0.05, 0.1) is 13.0 Å². The number of amides is 2. The molecule has 0 saturated carbocycles. The van der Waals surface area contributed by atoms with Crippen LogP contribution in [0.25, 0.3) is 0 Å². The highest BCUT2D eigenvalue weighted by Gasteiger charge is 2.27. The predicted octanol–water partition coefficient (Wildman–Crippen LogP) is 1.63. The van der Waals surface area contributed by atoms with E-state index in [1.54, 1.807) is 17.9 Å². The van der Waals surface area contributed by atoms with E-state index in [9.17, 15) is 24.6 Å². The highest BCUT2D eigenvalue weighted by atomic mass is 16.5. The minimum atomic E-state index is -0.796. The zero-order valence-corrected chi connectivity index (χ0v) is 17.5. The lowest BCUT2D eigenvalue weighted by atomic mass is 9.91. The molecule has 2 heterocycles. The van der Waals surface area contributed by atoms with Crippen LogP contribution in [-0.4, -0.2) is 53.7 Å². The Balaban J connectivity index is 1.83. The lowest BCUT2D eigenvalue weighted by Gasteiger charge is -2.20. The van der Waals surface area contributed by atoms with Crippen molar-refractivity contribution in [2.24, 2.45) is 0 Å². The molecule has 9 heteroatoms. The van der Waals surface area contributed by atoms with Crippen molar-refractivity contribution in [3.05, 3.63) is 51.6 Å². The van der Waals surface area contributed by atoms with E-state index >= 15 is 0 Å². The molecule has 1 atom stereocenters. The Morgan fingerprint density at radius 2 is 2.06 bits per heavy atom. The summed E-state index contributed by atoms with van der Waals surface area (Å²) in [7, 11) is 1.39. The number of nitrogens with zero attached hydrogens (tertiary/aromatic N) is 1. The number of phenols is 1. The summed E-state index contributed by atoms with van der Waals surface area (Å²) in [5.41, 5.74) is -0.0917. The first-order valence-corrected chi connectivity index (χ1v) is 10.0. The molecule has 1 aliphatic rings. The van der Waals surface area contributed by atoms with Crippen LogP contribution >= 0.6 is 0 Å². The minimum Gasteiger partial charge on any atom is -0.504 e. The number of aromatic hydroxyl groups is 2. The molecule has 9 nitrogen and oxygen atoms in total. The second-order valence-electron chi connectivity index (χ2n) is 7.46. The van der Waals surface area contributed by atoms with Crippen molar-refractivity contribution >= 4 is 11.8 Å². The quantitative estimate of drug-likeness (QED) is 0.580. The number of aryl methyl sites for hydroxylation is 1. The van der Waals surface area contributed by atoms with Crippen LogP contribution in [-0.2, 0) is 9.59 Å². The normalized spacial score (nSPS) is 14.5. The van der Waals surface area contributed by atoms with Gasteiger partial charge >= 0.3 is 0 Å². The Hall–Kier alpha value is -3.49. The predicted molar refractivity (Wildman–Crippen MR) is 111 cm³/mol. The monoisotopic (exact) mass is 430 g/mol. The van der Waals surface area contributed by atoms with E-state index in [2.05, 4.69) is 5.32 Å². The van der Waals surface area contributed by atoms with Crippen molar-refractivity contribution < 1.29 is 29.0 Å². The van der Waals surface area contributed by atoms with E-state index in [-0.39, 0.29) is 35.5 Å². The molecule has 1 fully saturated rings. The molecule has 31 heavy (non-hydrogen) atoms. The smallest absolute Gasteiger partial charge is 0.227 e. The highest BCUT2D eigenvalue weighted by molar-refractivity contribution is 5.79. The molecular formula is C22H26N2O7. The first-order valence-electron chi connectivity index (χ1n) is 10.0. The van der Waals surface area contributed by atoms with Gasteiger partial charge in [-0.15, -0.1) is 0 Å². The minimum absolute atomic E-state index is 0.0392. The molecule has 2 amide bonds. The van der Waals surface area contributed by atoms with Gasteiger partial charge in [-0.25, -0.2) is 0 Å². The maximum Gasteiger partial charge on any atom is 0.227 e. The Morgan fingerprint density at radius 3 is 2.74 bits per heavy atom. The van der Waals surface area contributed by atoms with E-state index in [1.165, 1.54) is 25.3 Å². The average Bonchev–Trinajstić information content (AvgIpc) is 3.14. The van der Waals surface area contributed by atoms with Gasteiger partial charge in [0.2, 0.25) is 23.0 Å². The molecule has 0 aliphatic carbocycles. The topological polar surface area (TPSA) is 129 Å². The zero-order chi connectivity index (χ0) is 22.5. The number of benzene rings is 1. The lowest BCUT2D eigenvalue weighted by molar-refractivity contribution is -0.128. The average molecular weight is 430 g/mol. The van der Waals surface area contributed by atoms with Gasteiger partial charge in [0.25, 0.3) is 0 Å². The first kappa shape index (κ1) is 22.2. The number of carbonyl (C=O) groups is 2. The first-order chi connectivity index (χ1) is 14.8. The van der Waals surface area contributed by atoms with E-state index in [4.69, 9.17) is 9.15 Å². The van der Waals surface area contributed by atoms with Crippen LogP contribution in [0.15, 0.2) is 33.5 Å². The van der Waals surface area contributed by atoms with E-state index in [0.717, 1.165) is 6.42 Å². The summed E-state index contributed by atoms with van der Waals surface area (Å²) in [6, 6.07) is 5.67. The number of hydrogen-bond acceptors (Lipinski definition) is 7.